The molecule has 4 aromatic rings. The maximum absolute atomic E-state index is 5.77. The van der Waals surface area contributed by atoms with E-state index in [0.717, 1.165) is 27.1 Å². The van der Waals surface area contributed by atoms with Gasteiger partial charge in [0.1, 0.15) is 11.3 Å². The second-order valence-electron chi connectivity index (χ2n) is 4.76. The highest BCUT2D eigenvalue weighted by Crippen LogP contribution is 2.26. The van der Waals surface area contributed by atoms with Crippen molar-refractivity contribution in [2.24, 2.45) is 0 Å². The van der Waals surface area contributed by atoms with Crippen LogP contribution >= 0.6 is 15.9 Å². The van der Waals surface area contributed by atoms with Crippen molar-refractivity contribution < 1.29 is 4.42 Å². The lowest BCUT2D eigenvalue weighted by molar-refractivity contribution is 0.608. The molecule has 0 aliphatic carbocycles. The summed E-state index contributed by atoms with van der Waals surface area (Å²) >= 11 is 3.41. The zero-order valence-corrected chi connectivity index (χ0v) is 12.9. The molecule has 0 bridgehead atoms. The lowest BCUT2D eigenvalue weighted by Crippen LogP contribution is -1.97. The number of benzene rings is 1. The number of nitrogens with zero attached hydrogens (tertiary/aromatic N) is 5. The SMILES string of the molecule is Cc1nnc2nc3oc(-c4ccc(Br)cc4)nc3c(C)n12. The second-order valence-corrected chi connectivity index (χ2v) is 5.68. The number of aryl methyl sites for hydroxylation is 2. The first-order valence-electron chi connectivity index (χ1n) is 6.38. The van der Waals surface area contributed by atoms with Crippen molar-refractivity contribution in [3.8, 4) is 11.5 Å². The van der Waals surface area contributed by atoms with Crippen LogP contribution in [-0.4, -0.2) is 24.6 Å². The van der Waals surface area contributed by atoms with Crippen LogP contribution < -0.4 is 0 Å². The molecule has 4 rings (SSSR count). The maximum Gasteiger partial charge on any atom is 0.258 e. The number of fused-ring (bicyclic) bond motifs is 2. The first kappa shape index (κ1) is 12.5. The molecular weight excluding hydrogens is 334 g/mol. The van der Waals surface area contributed by atoms with Crippen molar-refractivity contribution in [2.75, 3.05) is 0 Å². The smallest absolute Gasteiger partial charge is 0.258 e. The quantitative estimate of drug-likeness (QED) is 0.530. The number of aromatic nitrogens is 5. The topological polar surface area (TPSA) is 69.1 Å². The molecule has 0 saturated carbocycles. The first-order valence-corrected chi connectivity index (χ1v) is 7.17. The number of rotatable bonds is 1. The molecule has 0 spiro atoms. The summed E-state index contributed by atoms with van der Waals surface area (Å²) in [5, 5.41) is 8.06. The van der Waals surface area contributed by atoms with E-state index in [4.69, 9.17) is 4.42 Å². The van der Waals surface area contributed by atoms with E-state index in [0.29, 0.717) is 17.4 Å². The summed E-state index contributed by atoms with van der Waals surface area (Å²) in [5.41, 5.74) is 3.03. The number of halogens is 1. The van der Waals surface area contributed by atoms with Gasteiger partial charge in [0.05, 0.1) is 5.69 Å². The molecule has 6 nitrogen and oxygen atoms in total. The minimum atomic E-state index is 0.477. The van der Waals surface area contributed by atoms with Crippen molar-refractivity contribution in [2.45, 2.75) is 13.8 Å². The summed E-state index contributed by atoms with van der Waals surface area (Å²) in [6.45, 7) is 3.84. The van der Waals surface area contributed by atoms with Crippen molar-refractivity contribution >= 4 is 32.9 Å². The summed E-state index contributed by atoms with van der Waals surface area (Å²) in [6.07, 6.45) is 0. The molecule has 0 radical (unpaired) electrons. The van der Waals surface area contributed by atoms with Crippen molar-refractivity contribution in [1.82, 2.24) is 24.6 Å². The molecule has 0 aliphatic heterocycles. The van der Waals surface area contributed by atoms with E-state index < -0.39 is 0 Å². The summed E-state index contributed by atoms with van der Waals surface area (Å²) in [7, 11) is 0. The maximum atomic E-state index is 5.77. The van der Waals surface area contributed by atoms with Crippen LogP contribution in [0.3, 0.4) is 0 Å². The molecule has 0 aliphatic rings. The minimum absolute atomic E-state index is 0.477. The van der Waals surface area contributed by atoms with Gasteiger partial charge in [0.2, 0.25) is 5.89 Å². The van der Waals surface area contributed by atoms with Crippen molar-refractivity contribution in [3.05, 3.63) is 40.3 Å². The van der Waals surface area contributed by atoms with Crippen LogP contribution in [0.5, 0.6) is 0 Å². The second kappa shape index (κ2) is 4.36. The summed E-state index contributed by atoms with van der Waals surface area (Å²) in [6, 6.07) is 7.79. The summed E-state index contributed by atoms with van der Waals surface area (Å²) in [4.78, 5) is 8.94. The molecule has 0 fully saturated rings. The van der Waals surface area contributed by atoms with E-state index >= 15 is 0 Å². The highest BCUT2D eigenvalue weighted by Gasteiger charge is 2.16. The van der Waals surface area contributed by atoms with Gasteiger partial charge in [0.15, 0.2) is 0 Å². The third kappa shape index (κ3) is 1.84. The molecule has 0 amide bonds. The number of hydrogen-bond donors (Lipinski definition) is 0. The van der Waals surface area contributed by atoms with E-state index in [1.54, 1.807) is 0 Å². The Morgan fingerprint density at radius 1 is 1.05 bits per heavy atom. The fourth-order valence-corrected chi connectivity index (χ4v) is 2.62. The monoisotopic (exact) mass is 343 g/mol. The molecular formula is C14H10BrN5O. The molecule has 3 heterocycles. The van der Waals surface area contributed by atoms with E-state index in [1.807, 2.05) is 42.5 Å². The zero-order valence-electron chi connectivity index (χ0n) is 11.3. The van der Waals surface area contributed by atoms with Gasteiger partial charge >= 0.3 is 0 Å². The molecule has 3 aromatic heterocycles. The molecule has 0 N–H and O–H groups in total. The average molecular weight is 344 g/mol. The molecule has 21 heavy (non-hydrogen) atoms. The normalized spacial score (nSPS) is 11.6. The van der Waals surface area contributed by atoms with Crippen molar-refractivity contribution in [1.29, 1.82) is 0 Å². The third-order valence-corrected chi connectivity index (χ3v) is 3.92. The fourth-order valence-electron chi connectivity index (χ4n) is 2.35. The zero-order chi connectivity index (χ0) is 14.6. The van der Waals surface area contributed by atoms with Crippen LogP contribution in [0.15, 0.2) is 33.2 Å². The van der Waals surface area contributed by atoms with Crippen LogP contribution in [0.1, 0.15) is 11.5 Å². The Morgan fingerprint density at radius 3 is 2.57 bits per heavy atom. The number of oxazole rings is 1. The molecule has 7 heteroatoms. The van der Waals surface area contributed by atoms with Gasteiger partial charge in [-0.05, 0) is 38.1 Å². The van der Waals surface area contributed by atoms with E-state index in [2.05, 4.69) is 36.1 Å². The molecule has 0 saturated heterocycles. The van der Waals surface area contributed by atoms with Crippen molar-refractivity contribution in [3.63, 3.8) is 0 Å². The minimum Gasteiger partial charge on any atom is -0.417 e. The van der Waals surface area contributed by atoms with Gasteiger partial charge in [-0.1, -0.05) is 15.9 Å². The van der Waals surface area contributed by atoms with Crippen LogP contribution in [0.25, 0.3) is 28.5 Å². The summed E-state index contributed by atoms with van der Waals surface area (Å²) < 4.78 is 8.66. The van der Waals surface area contributed by atoms with Gasteiger partial charge in [0.25, 0.3) is 11.5 Å². The largest absolute Gasteiger partial charge is 0.417 e. The Bertz CT molecular complexity index is 971. The Morgan fingerprint density at radius 2 is 1.81 bits per heavy atom. The Kier molecular flexibility index (Phi) is 2.58. The van der Waals surface area contributed by atoms with Crippen LogP contribution in [-0.2, 0) is 0 Å². The Hall–Kier alpha value is -2.28. The first-order chi connectivity index (χ1) is 10.1. The molecule has 0 atom stereocenters. The lowest BCUT2D eigenvalue weighted by Gasteiger charge is -1.98. The molecule has 1 aromatic carbocycles. The highest BCUT2D eigenvalue weighted by atomic mass is 79.9. The van der Waals surface area contributed by atoms with Gasteiger partial charge in [-0.25, -0.2) is 4.98 Å². The van der Waals surface area contributed by atoms with Gasteiger partial charge < -0.3 is 4.42 Å². The van der Waals surface area contributed by atoms with E-state index in [9.17, 15) is 0 Å². The highest BCUT2D eigenvalue weighted by molar-refractivity contribution is 9.10. The third-order valence-electron chi connectivity index (χ3n) is 3.39. The fraction of sp³-hybridized carbons (Fsp3) is 0.143. The summed E-state index contributed by atoms with van der Waals surface area (Å²) in [5.74, 6) is 1.85. The van der Waals surface area contributed by atoms with Gasteiger partial charge in [-0.3, -0.25) is 4.40 Å². The standard InChI is InChI=1S/C14H10BrN5O/c1-7-11-13(17-14-19-18-8(2)20(7)14)21-12(16-11)9-3-5-10(15)6-4-9/h3-6H,1-2H3. The van der Waals surface area contributed by atoms with Crippen LogP contribution in [0, 0.1) is 13.8 Å². The predicted molar refractivity (Wildman–Crippen MR) is 81.0 cm³/mol. The average Bonchev–Trinajstić information content (AvgIpc) is 3.05. The predicted octanol–water partition coefficient (Wildman–Crippen LogP) is 3.31. The molecule has 0 unspecified atom stereocenters. The van der Waals surface area contributed by atoms with Crippen LogP contribution in [0.2, 0.25) is 0 Å². The Balaban J connectivity index is 1.99. The van der Waals surface area contributed by atoms with Crippen LogP contribution in [0.4, 0.5) is 0 Å². The van der Waals surface area contributed by atoms with E-state index in [1.165, 1.54) is 0 Å². The van der Waals surface area contributed by atoms with E-state index in [-0.39, 0.29) is 0 Å². The van der Waals surface area contributed by atoms with Gasteiger partial charge in [0, 0.05) is 10.0 Å². The van der Waals surface area contributed by atoms with Gasteiger partial charge in [-0.2, -0.15) is 4.98 Å². The Labute approximate surface area is 128 Å². The molecule has 104 valence electrons. The van der Waals surface area contributed by atoms with Gasteiger partial charge in [-0.15, -0.1) is 10.2 Å². The number of hydrogen-bond acceptors (Lipinski definition) is 5. The lowest BCUT2D eigenvalue weighted by atomic mass is 10.2.